The highest BCUT2D eigenvalue weighted by molar-refractivity contribution is 5.41. The van der Waals surface area contributed by atoms with E-state index < -0.39 is 0 Å². The molecule has 1 aromatic rings. The summed E-state index contributed by atoms with van der Waals surface area (Å²) in [4.78, 5) is 1.71. The van der Waals surface area contributed by atoms with Crippen molar-refractivity contribution in [2.24, 2.45) is 5.92 Å². The first kappa shape index (κ1) is 16.4. The summed E-state index contributed by atoms with van der Waals surface area (Å²) in [5.74, 6) is 1.94. The highest BCUT2D eigenvalue weighted by atomic mass is 16.5. The molecule has 1 aliphatic rings. The van der Waals surface area contributed by atoms with E-state index in [9.17, 15) is 0 Å². The Balaban J connectivity index is 1.94. The third-order valence-corrected chi connectivity index (χ3v) is 4.52. The summed E-state index contributed by atoms with van der Waals surface area (Å²) in [6.45, 7) is 15.9. The van der Waals surface area contributed by atoms with Gasteiger partial charge < -0.3 is 9.64 Å². The zero-order chi connectivity index (χ0) is 15.5. The SMILES string of the molecule is Cc1ccc(OCC[NH+]2CCC[C@H](C)C2)c(C(C)(C)C)c1. The van der Waals surface area contributed by atoms with Crippen molar-refractivity contribution in [1.29, 1.82) is 0 Å². The van der Waals surface area contributed by atoms with Gasteiger partial charge in [-0.05, 0) is 36.8 Å². The summed E-state index contributed by atoms with van der Waals surface area (Å²) >= 11 is 0. The predicted octanol–water partition coefficient (Wildman–Crippen LogP) is 2.99. The van der Waals surface area contributed by atoms with Crippen LogP contribution in [-0.4, -0.2) is 26.2 Å². The van der Waals surface area contributed by atoms with Gasteiger partial charge in [0.15, 0.2) is 0 Å². The van der Waals surface area contributed by atoms with Crippen molar-refractivity contribution >= 4 is 0 Å². The van der Waals surface area contributed by atoms with Crippen molar-refractivity contribution in [2.75, 3.05) is 26.2 Å². The summed E-state index contributed by atoms with van der Waals surface area (Å²) in [5.41, 5.74) is 2.76. The molecule has 1 unspecified atom stereocenters. The van der Waals surface area contributed by atoms with E-state index in [1.165, 1.54) is 37.1 Å². The fraction of sp³-hybridized carbons (Fsp3) is 0.684. The zero-order valence-corrected chi connectivity index (χ0v) is 14.5. The van der Waals surface area contributed by atoms with Crippen LogP contribution in [0, 0.1) is 12.8 Å². The first-order valence-corrected chi connectivity index (χ1v) is 8.44. The van der Waals surface area contributed by atoms with E-state index in [0.29, 0.717) is 0 Å². The van der Waals surface area contributed by atoms with Crippen LogP contribution in [0.4, 0.5) is 0 Å². The van der Waals surface area contributed by atoms with Gasteiger partial charge in [0.25, 0.3) is 0 Å². The quantitative estimate of drug-likeness (QED) is 0.900. The highest BCUT2D eigenvalue weighted by Crippen LogP contribution is 2.31. The molecule has 2 atom stereocenters. The maximum Gasteiger partial charge on any atom is 0.137 e. The zero-order valence-electron chi connectivity index (χ0n) is 14.5. The standard InChI is InChI=1S/C19H31NO/c1-15-8-9-18(17(13-15)19(3,4)5)21-12-11-20-10-6-7-16(2)14-20/h8-9,13,16H,6-7,10-12,14H2,1-5H3/p+1/t16-/m0/s1. The second kappa shape index (κ2) is 6.83. The van der Waals surface area contributed by atoms with Gasteiger partial charge in [-0.2, -0.15) is 0 Å². The number of benzene rings is 1. The van der Waals surface area contributed by atoms with Crippen molar-refractivity contribution in [3.8, 4) is 5.75 Å². The Kier molecular flexibility index (Phi) is 5.32. The second-order valence-corrected chi connectivity index (χ2v) is 7.80. The van der Waals surface area contributed by atoms with E-state index >= 15 is 0 Å². The van der Waals surface area contributed by atoms with Crippen LogP contribution in [0.25, 0.3) is 0 Å². The third-order valence-electron chi connectivity index (χ3n) is 4.52. The molecule has 1 aromatic carbocycles. The molecule has 0 aliphatic carbocycles. The van der Waals surface area contributed by atoms with E-state index in [-0.39, 0.29) is 5.41 Å². The summed E-state index contributed by atoms with van der Waals surface area (Å²) < 4.78 is 6.14. The van der Waals surface area contributed by atoms with Crippen LogP contribution >= 0.6 is 0 Å². The Hall–Kier alpha value is -1.02. The first-order chi connectivity index (χ1) is 9.86. The fourth-order valence-electron chi connectivity index (χ4n) is 3.29. The average Bonchev–Trinajstić information content (AvgIpc) is 2.39. The van der Waals surface area contributed by atoms with Crippen LogP contribution in [0.5, 0.6) is 5.75 Å². The topological polar surface area (TPSA) is 13.7 Å². The molecule has 21 heavy (non-hydrogen) atoms. The second-order valence-electron chi connectivity index (χ2n) is 7.80. The number of hydrogen-bond acceptors (Lipinski definition) is 1. The molecule has 118 valence electrons. The smallest absolute Gasteiger partial charge is 0.137 e. The van der Waals surface area contributed by atoms with Crippen LogP contribution in [0.3, 0.4) is 0 Å². The van der Waals surface area contributed by atoms with Gasteiger partial charge >= 0.3 is 0 Å². The predicted molar refractivity (Wildman–Crippen MR) is 89.3 cm³/mol. The Labute approximate surface area is 130 Å². The molecule has 2 heteroatoms. The van der Waals surface area contributed by atoms with Crippen molar-refractivity contribution in [2.45, 2.75) is 52.9 Å². The minimum Gasteiger partial charge on any atom is -0.487 e. The molecule has 1 saturated heterocycles. The Bertz CT molecular complexity index is 461. The van der Waals surface area contributed by atoms with Gasteiger partial charge in [-0.1, -0.05) is 45.4 Å². The molecular weight excluding hydrogens is 258 g/mol. The normalized spacial score (nSPS) is 23.1. The van der Waals surface area contributed by atoms with Gasteiger partial charge in [-0.25, -0.2) is 0 Å². The number of likely N-dealkylation sites (tertiary alicyclic amines) is 1. The van der Waals surface area contributed by atoms with Crippen molar-refractivity contribution in [3.05, 3.63) is 29.3 Å². The third kappa shape index (κ3) is 4.74. The van der Waals surface area contributed by atoms with Gasteiger partial charge in [0.2, 0.25) is 0 Å². The van der Waals surface area contributed by atoms with Crippen LogP contribution in [0.1, 0.15) is 51.7 Å². The molecule has 2 rings (SSSR count). The Morgan fingerprint density at radius 3 is 2.71 bits per heavy atom. The van der Waals surface area contributed by atoms with Crippen LogP contribution < -0.4 is 9.64 Å². The molecule has 1 N–H and O–H groups in total. The lowest BCUT2D eigenvalue weighted by Gasteiger charge is -2.28. The van der Waals surface area contributed by atoms with E-state index in [2.05, 4.69) is 52.8 Å². The lowest BCUT2D eigenvalue weighted by atomic mass is 9.85. The molecule has 1 fully saturated rings. The molecule has 0 spiro atoms. The monoisotopic (exact) mass is 290 g/mol. The minimum absolute atomic E-state index is 0.133. The van der Waals surface area contributed by atoms with E-state index in [1.54, 1.807) is 4.90 Å². The van der Waals surface area contributed by atoms with E-state index in [4.69, 9.17) is 4.74 Å². The van der Waals surface area contributed by atoms with Gasteiger partial charge in [-0.3, -0.25) is 0 Å². The summed E-state index contributed by atoms with van der Waals surface area (Å²) in [5, 5.41) is 0. The largest absolute Gasteiger partial charge is 0.487 e. The highest BCUT2D eigenvalue weighted by Gasteiger charge is 2.21. The van der Waals surface area contributed by atoms with Gasteiger partial charge in [0, 0.05) is 5.92 Å². The Morgan fingerprint density at radius 2 is 2.05 bits per heavy atom. The lowest BCUT2D eigenvalue weighted by Crippen LogP contribution is -3.14. The molecule has 2 nitrogen and oxygen atoms in total. The Morgan fingerprint density at radius 1 is 1.29 bits per heavy atom. The van der Waals surface area contributed by atoms with Gasteiger partial charge in [0.05, 0.1) is 13.1 Å². The molecule has 1 heterocycles. The van der Waals surface area contributed by atoms with Crippen molar-refractivity contribution < 1.29 is 9.64 Å². The molecule has 0 bridgehead atoms. The average molecular weight is 290 g/mol. The number of rotatable bonds is 4. The molecule has 1 aliphatic heterocycles. The molecule has 0 saturated carbocycles. The van der Waals surface area contributed by atoms with Gasteiger partial charge in [0.1, 0.15) is 18.9 Å². The van der Waals surface area contributed by atoms with Crippen molar-refractivity contribution in [1.82, 2.24) is 0 Å². The summed E-state index contributed by atoms with van der Waals surface area (Å²) in [7, 11) is 0. The first-order valence-electron chi connectivity index (χ1n) is 8.44. The molecule has 0 amide bonds. The molecular formula is C19H32NO+. The van der Waals surface area contributed by atoms with Crippen LogP contribution in [0.15, 0.2) is 18.2 Å². The van der Waals surface area contributed by atoms with E-state index in [1.807, 2.05) is 0 Å². The van der Waals surface area contributed by atoms with Crippen molar-refractivity contribution in [3.63, 3.8) is 0 Å². The van der Waals surface area contributed by atoms with Crippen LogP contribution in [-0.2, 0) is 5.41 Å². The number of hydrogen-bond donors (Lipinski definition) is 1. The number of piperidine rings is 1. The number of nitrogens with one attached hydrogen (secondary N) is 1. The van der Waals surface area contributed by atoms with Gasteiger partial charge in [-0.15, -0.1) is 0 Å². The maximum atomic E-state index is 6.14. The maximum absolute atomic E-state index is 6.14. The van der Waals surface area contributed by atoms with E-state index in [0.717, 1.165) is 24.8 Å². The summed E-state index contributed by atoms with van der Waals surface area (Å²) in [6.07, 6.45) is 2.77. The minimum atomic E-state index is 0.133. The molecule has 0 radical (unpaired) electrons. The molecule has 0 aromatic heterocycles. The van der Waals surface area contributed by atoms with Crippen LogP contribution in [0.2, 0.25) is 0 Å². The fourth-order valence-corrected chi connectivity index (χ4v) is 3.29. The lowest BCUT2D eigenvalue weighted by molar-refractivity contribution is -0.908. The number of aryl methyl sites for hydroxylation is 1. The number of quaternary nitrogens is 1. The summed E-state index contributed by atoms with van der Waals surface area (Å²) in [6, 6.07) is 6.57. The number of ether oxygens (including phenoxy) is 1.